The van der Waals surface area contributed by atoms with E-state index in [-0.39, 0.29) is 5.41 Å². The Balaban J connectivity index is 2.16. The molecular weight excluding hydrogens is 296 g/mol. The fourth-order valence-corrected chi connectivity index (χ4v) is 1.65. The fourth-order valence-electron chi connectivity index (χ4n) is 1.65. The van der Waals surface area contributed by atoms with Crippen LogP contribution in [0, 0.1) is 5.41 Å². The Kier molecular flexibility index (Phi) is 5.61. The van der Waals surface area contributed by atoms with Crippen molar-refractivity contribution in [2.75, 3.05) is 13.2 Å². The summed E-state index contributed by atoms with van der Waals surface area (Å²) in [6.45, 7) is 9.38. The van der Waals surface area contributed by atoms with Gasteiger partial charge >= 0.3 is 0 Å². The van der Waals surface area contributed by atoms with E-state index in [9.17, 15) is 0 Å². The first-order valence-corrected chi connectivity index (χ1v) is 7.50. The summed E-state index contributed by atoms with van der Waals surface area (Å²) in [4.78, 5) is 17.4. The maximum atomic E-state index is 5.70. The molecule has 2 rings (SSSR count). The smallest absolute Gasteiger partial charge is 0.220 e. The van der Waals surface area contributed by atoms with Gasteiger partial charge in [0.2, 0.25) is 11.7 Å². The molecule has 0 spiro atoms. The minimum atomic E-state index is 0.207. The highest BCUT2D eigenvalue weighted by Gasteiger charge is 2.13. The van der Waals surface area contributed by atoms with Crippen molar-refractivity contribution in [3.63, 3.8) is 0 Å². The van der Waals surface area contributed by atoms with Crippen molar-refractivity contribution in [3.05, 3.63) is 30.7 Å². The fraction of sp³-hybridized carbons (Fsp3) is 0.533. The molecule has 0 aliphatic rings. The largest absolute Gasteiger partial charge is 0.478 e. The average Bonchev–Trinajstić information content (AvgIpc) is 3.01. The predicted molar refractivity (Wildman–Crippen MR) is 85.2 cm³/mol. The summed E-state index contributed by atoms with van der Waals surface area (Å²) in [5.74, 6) is 0.913. The number of hydrogen-bond donors (Lipinski definition) is 0. The summed E-state index contributed by atoms with van der Waals surface area (Å²) in [6.07, 6.45) is 5.30. The van der Waals surface area contributed by atoms with Gasteiger partial charge in [-0.25, -0.2) is 15.0 Å². The molecule has 0 saturated carbocycles. The van der Waals surface area contributed by atoms with E-state index >= 15 is 0 Å². The van der Waals surface area contributed by atoms with Gasteiger partial charge in [-0.15, -0.1) is 0 Å². The molecule has 0 fully saturated rings. The van der Waals surface area contributed by atoms with Crippen molar-refractivity contribution >= 4 is 5.84 Å². The van der Waals surface area contributed by atoms with Gasteiger partial charge in [0.05, 0.1) is 6.61 Å². The second kappa shape index (κ2) is 7.66. The summed E-state index contributed by atoms with van der Waals surface area (Å²) >= 11 is 0. The van der Waals surface area contributed by atoms with Gasteiger partial charge in [0.15, 0.2) is 0 Å². The van der Waals surface area contributed by atoms with E-state index in [1.54, 1.807) is 6.07 Å². The quantitative estimate of drug-likeness (QED) is 0.460. The van der Waals surface area contributed by atoms with Gasteiger partial charge in [-0.2, -0.15) is 9.78 Å². The SMILES string of the molecule is CCON=C(c1cc(OCCC(C)(C)C)ncn1)n1cncn1. The standard InChI is InChI=1S/C15H22N6O2/c1-5-23-20-14(21-11-16-9-19-21)12-8-13(18-10-17-12)22-7-6-15(2,3)4/h8-11H,5-7H2,1-4H3. The number of oxime groups is 1. The van der Waals surface area contributed by atoms with Crippen LogP contribution in [0.5, 0.6) is 5.88 Å². The molecule has 0 aromatic carbocycles. The van der Waals surface area contributed by atoms with Crippen LogP contribution in [0.25, 0.3) is 0 Å². The van der Waals surface area contributed by atoms with Gasteiger partial charge < -0.3 is 9.57 Å². The molecule has 8 heteroatoms. The summed E-state index contributed by atoms with van der Waals surface area (Å²) in [5.41, 5.74) is 0.753. The van der Waals surface area contributed by atoms with Crippen molar-refractivity contribution in [1.29, 1.82) is 0 Å². The van der Waals surface area contributed by atoms with Crippen molar-refractivity contribution in [3.8, 4) is 5.88 Å². The number of ether oxygens (including phenoxy) is 1. The number of hydrogen-bond acceptors (Lipinski definition) is 7. The highest BCUT2D eigenvalue weighted by Crippen LogP contribution is 2.19. The van der Waals surface area contributed by atoms with Gasteiger partial charge in [-0.05, 0) is 18.8 Å². The van der Waals surface area contributed by atoms with E-state index in [4.69, 9.17) is 9.57 Å². The maximum Gasteiger partial charge on any atom is 0.220 e. The Hall–Kier alpha value is -2.51. The molecule has 0 atom stereocenters. The highest BCUT2D eigenvalue weighted by molar-refractivity contribution is 5.97. The van der Waals surface area contributed by atoms with Crippen LogP contribution < -0.4 is 4.74 Å². The first-order valence-electron chi connectivity index (χ1n) is 7.50. The zero-order chi connectivity index (χ0) is 16.7. The zero-order valence-electron chi connectivity index (χ0n) is 13.9. The number of rotatable bonds is 6. The Morgan fingerprint density at radius 1 is 1.26 bits per heavy atom. The minimum Gasteiger partial charge on any atom is -0.478 e. The molecule has 0 N–H and O–H groups in total. The third kappa shape index (κ3) is 5.32. The molecule has 8 nitrogen and oxygen atoms in total. The molecule has 0 bridgehead atoms. The van der Waals surface area contributed by atoms with Gasteiger partial charge in [-0.3, -0.25) is 0 Å². The molecule has 0 radical (unpaired) electrons. The summed E-state index contributed by atoms with van der Waals surface area (Å²) < 4.78 is 7.19. The third-order valence-electron chi connectivity index (χ3n) is 2.89. The van der Waals surface area contributed by atoms with Crippen LogP contribution in [-0.4, -0.2) is 43.8 Å². The lowest BCUT2D eigenvalue weighted by Crippen LogP contribution is -2.17. The summed E-state index contributed by atoms with van der Waals surface area (Å²) in [6, 6.07) is 1.71. The van der Waals surface area contributed by atoms with Crippen molar-refractivity contribution < 1.29 is 9.57 Å². The van der Waals surface area contributed by atoms with E-state index in [1.165, 1.54) is 23.7 Å². The molecule has 2 aromatic heterocycles. The Morgan fingerprint density at radius 2 is 2.09 bits per heavy atom. The summed E-state index contributed by atoms with van der Waals surface area (Å²) in [5, 5.41) is 8.11. The number of aromatic nitrogens is 5. The van der Waals surface area contributed by atoms with E-state index < -0.39 is 0 Å². The first kappa shape index (κ1) is 16.9. The molecular formula is C15H22N6O2. The van der Waals surface area contributed by atoms with Crippen LogP contribution in [0.2, 0.25) is 0 Å². The van der Waals surface area contributed by atoms with E-state index in [0.29, 0.717) is 30.6 Å². The molecule has 2 heterocycles. The van der Waals surface area contributed by atoms with Gasteiger partial charge in [0, 0.05) is 6.07 Å². The van der Waals surface area contributed by atoms with Crippen molar-refractivity contribution in [2.45, 2.75) is 34.1 Å². The lowest BCUT2D eigenvalue weighted by Gasteiger charge is -2.17. The Bertz CT molecular complexity index is 634. The van der Waals surface area contributed by atoms with E-state index in [1.807, 2.05) is 6.92 Å². The summed E-state index contributed by atoms with van der Waals surface area (Å²) in [7, 11) is 0. The molecule has 0 aliphatic heterocycles. The molecule has 23 heavy (non-hydrogen) atoms. The van der Waals surface area contributed by atoms with Crippen LogP contribution in [0.4, 0.5) is 0 Å². The number of nitrogens with zero attached hydrogens (tertiary/aromatic N) is 6. The van der Waals surface area contributed by atoms with Crippen molar-refractivity contribution in [1.82, 2.24) is 24.7 Å². The second-order valence-electron chi connectivity index (χ2n) is 6.07. The van der Waals surface area contributed by atoms with Gasteiger partial charge in [0.1, 0.15) is 31.3 Å². The highest BCUT2D eigenvalue weighted by atomic mass is 16.6. The van der Waals surface area contributed by atoms with E-state index in [2.05, 4.69) is 46.0 Å². The second-order valence-corrected chi connectivity index (χ2v) is 6.07. The topological polar surface area (TPSA) is 87.3 Å². The molecule has 0 amide bonds. The van der Waals surface area contributed by atoms with E-state index in [0.717, 1.165) is 6.42 Å². The third-order valence-corrected chi connectivity index (χ3v) is 2.89. The van der Waals surface area contributed by atoms with Crippen LogP contribution in [-0.2, 0) is 4.84 Å². The molecule has 124 valence electrons. The monoisotopic (exact) mass is 318 g/mol. The van der Waals surface area contributed by atoms with Gasteiger partial charge in [0.25, 0.3) is 0 Å². The lowest BCUT2D eigenvalue weighted by molar-refractivity contribution is 0.157. The maximum absolute atomic E-state index is 5.70. The minimum absolute atomic E-state index is 0.207. The molecule has 0 saturated heterocycles. The van der Waals surface area contributed by atoms with Crippen LogP contribution in [0.3, 0.4) is 0 Å². The lowest BCUT2D eigenvalue weighted by atomic mass is 9.93. The normalized spacial score (nSPS) is 12.3. The van der Waals surface area contributed by atoms with Gasteiger partial charge in [-0.1, -0.05) is 25.9 Å². The van der Waals surface area contributed by atoms with Crippen molar-refractivity contribution in [2.24, 2.45) is 10.6 Å². The Morgan fingerprint density at radius 3 is 2.74 bits per heavy atom. The Labute approximate surface area is 135 Å². The van der Waals surface area contributed by atoms with Crippen LogP contribution >= 0.6 is 0 Å². The molecule has 2 aromatic rings. The molecule has 0 aliphatic carbocycles. The average molecular weight is 318 g/mol. The first-order chi connectivity index (χ1) is 11.0. The zero-order valence-corrected chi connectivity index (χ0v) is 13.9. The van der Waals surface area contributed by atoms with Crippen LogP contribution in [0.1, 0.15) is 39.8 Å². The molecule has 0 unspecified atom stereocenters. The predicted octanol–water partition coefficient (Wildman–Crippen LogP) is 2.13. The van der Waals surface area contributed by atoms with Crippen LogP contribution in [0.15, 0.2) is 30.2 Å².